The highest BCUT2D eigenvalue weighted by Gasteiger charge is 2.29. The largest absolute Gasteiger partial charge is 0.467 e. The van der Waals surface area contributed by atoms with Crippen LogP contribution < -0.4 is 0 Å². The minimum atomic E-state index is -0.698. The number of carbonyl (C=O) groups excluding carboxylic acids is 1. The second-order valence-corrected chi connectivity index (χ2v) is 6.44. The molecule has 2 aromatic heterocycles. The molecule has 1 fully saturated rings. The maximum atomic E-state index is 12.8. The quantitative estimate of drug-likeness (QED) is 0.892. The average molecular weight is 337 g/mol. The molecule has 0 saturated carbocycles. The lowest BCUT2D eigenvalue weighted by atomic mass is 10.0. The van der Waals surface area contributed by atoms with Gasteiger partial charge in [0, 0.05) is 25.2 Å². The van der Waals surface area contributed by atoms with Crippen molar-refractivity contribution in [2.75, 3.05) is 6.54 Å². The summed E-state index contributed by atoms with van der Waals surface area (Å²) in [7, 11) is 0. The van der Waals surface area contributed by atoms with E-state index in [1.807, 2.05) is 4.90 Å². The van der Waals surface area contributed by atoms with Crippen LogP contribution in [0, 0.1) is 0 Å². The Morgan fingerprint density at radius 1 is 1.48 bits per heavy atom. The Bertz CT molecular complexity index is 638. The van der Waals surface area contributed by atoms with E-state index in [-0.39, 0.29) is 11.9 Å². The Kier molecular flexibility index (Phi) is 5.08. The van der Waals surface area contributed by atoms with Crippen LogP contribution in [-0.2, 0) is 0 Å². The molecule has 5 nitrogen and oxygen atoms in total. The summed E-state index contributed by atoms with van der Waals surface area (Å²) >= 11 is 5.91. The van der Waals surface area contributed by atoms with Crippen LogP contribution in [0.1, 0.15) is 54.5 Å². The summed E-state index contributed by atoms with van der Waals surface area (Å²) in [6.07, 6.45) is 6.97. The fourth-order valence-corrected chi connectivity index (χ4v) is 3.35. The van der Waals surface area contributed by atoms with Gasteiger partial charge >= 0.3 is 0 Å². The van der Waals surface area contributed by atoms with Crippen LogP contribution in [0.25, 0.3) is 0 Å². The fraction of sp³-hybridized carbons (Fsp3) is 0.471. The van der Waals surface area contributed by atoms with Crippen molar-refractivity contribution in [1.29, 1.82) is 0 Å². The first-order valence-corrected chi connectivity index (χ1v) is 8.39. The molecule has 2 N–H and O–H groups in total. The van der Waals surface area contributed by atoms with Crippen LogP contribution in [0.2, 0.25) is 5.02 Å². The lowest BCUT2D eigenvalue weighted by Gasteiger charge is -2.31. The first kappa shape index (κ1) is 16.1. The van der Waals surface area contributed by atoms with E-state index in [4.69, 9.17) is 16.0 Å². The zero-order chi connectivity index (χ0) is 16.2. The van der Waals surface area contributed by atoms with Crippen molar-refractivity contribution in [1.82, 2.24) is 9.88 Å². The van der Waals surface area contributed by atoms with E-state index >= 15 is 0 Å². The number of aromatic nitrogens is 1. The number of hydrogen-bond donors (Lipinski definition) is 2. The number of carbonyl (C=O) groups is 1. The van der Waals surface area contributed by atoms with Gasteiger partial charge in [-0.15, -0.1) is 0 Å². The molecular formula is C17H21ClN2O3. The zero-order valence-electron chi connectivity index (χ0n) is 12.9. The third-order valence-electron chi connectivity index (χ3n) is 4.38. The van der Waals surface area contributed by atoms with Crippen LogP contribution >= 0.6 is 11.6 Å². The van der Waals surface area contributed by atoms with Crippen molar-refractivity contribution in [3.63, 3.8) is 0 Å². The van der Waals surface area contributed by atoms with Crippen LogP contribution in [-0.4, -0.2) is 33.5 Å². The van der Waals surface area contributed by atoms with Crippen LogP contribution in [0.4, 0.5) is 0 Å². The summed E-state index contributed by atoms with van der Waals surface area (Å²) in [6.45, 7) is 0.699. The molecule has 3 rings (SSSR count). The number of aliphatic hydroxyl groups excluding tert-OH is 1. The van der Waals surface area contributed by atoms with Gasteiger partial charge in [0.25, 0.3) is 5.91 Å². The van der Waals surface area contributed by atoms with Crippen LogP contribution in [0.15, 0.2) is 35.1 Å². The lowest BCUT2D eigenvalue weighted by Crippen LogP contribution is -2.41. The van der Waals surface area contributed by atoms with E-state index in [0.29, 0.717) is 29.4 Å². The van der Waals surface area contributed by atoms with Crippen molar-refractivity contribution >= 4 is 17.5 Å². The average Bonchev–Trinajstić information content (AvgIpc) is 3.16. The fourth-order valence-electron chi connectivity index (χ4n) is 3.19. The van der Waals surface area contributed by atoms with E-state index in [0.717, 1.165) is 25.7 Å². The summed E-state index contributed by atoms with van der Waals surface area (Å²) in [4.78, 5) is 17.6. The topological polar surface area (TPSA) is 69.5 Å². The third kappa shape index (κ3) is 3.79. The second-order valence-electron chi connectivity index (χ2n) is 6.00. The number of nitrogens with one attached hydrogen (secondary N) is 1. The summed E-state index contributed by atoms with van der Waals surface area (Å²) in [5.41, 5.74) is 0.495. The van der Waals surface area contributed by atoms with E-state index in [2.05, 4.69) is 4.98 Å². The number of aliphatic hydroxyl groups is 1. The Morgan fingerprint density at radius 3 is 3.04 bits per heavy atom. The molecular weight excluding hydrogens is 316 g/mol. The van der Waals surface area contributed by atoms with Crippen LogP contribution in [0.5, 0.6) is 0 Å². The predicted molar refractivity (Wildman–Crippen MR) is 87.4 cm³/mol. The minimum Gasteiger partial charge on any atom is -0.467 e. The number of furan rings is 1. The van der Waals surface area contributed by atoms with Crippen molar-refractivity contribution in [2.45, 2.75) is 44.2 Å². The summed E-state index contributed by atoms with van der Waals surface area (Å²) < 4.78 is 5.27. The number of rotatable bonds is 4. The molecule has 0 unspecified atom stereocenters. The maximum Gasteiger partial charge on any atom is 0.270 e. The van der Waals surface area contributed by atoms with Crippen molar-refractivity contribution < 1.29 is 14.3 Å². The highest BCUT2D eigenvalue weighted by molar-refractivity contribution is 6.30. The Hall–Kier alpha value is -1.72. The molecule has 6 heteroatoms. The molecule has 2 atom stereocenters. The molecule has 0 aromatic carbocycles. The molecule has 3 heterocycles. The lowest BCUT2D eigenvalue weighted by molar-refractivity contribution is 0.0553. The highest BCUT2D eigenvalue weighted by Crippen LogP contribution is 2.28. The molecule has 2 aromatic rings. The molecule has 1 aliphatic heterocycles. The summed E-state index contributed by atoms with van der Waals surface area (Å²) in [5.74, 6) is 0.486. The van der Waals surface area contributed by atoms with Crippen LogP contribution in [0.3, 0.4) is 0 Å². The van der Waals surface area contributed by atoms with Gasteiger partial charge in [-0.1, -0.05) is 24.4 Å². The molecule has 1 saturated heterocycles. The SMILES string of the molecule is O=C(c1cc(Cl)c[nH]1)N1CCCCC[C@@H]1C[C@H](O)c1ccco1. The molecule has 0 radical (unpaired) electrons. The maximum absolute atomic E-state index is 12.8. The molecule has 0 bridgehead atoms. The number of hydrogen-bond acceptors (Lipinski definition) is 3. The number of likely N-dealkylation sites (tertiary alicyclic amines) is 1. The summed E-state index contributed by atoms with van der Waals surface area (Å²) in [6, 6.07) is 5.16. The number of aromatic amines is 1. The Labute approximate surface area is 140 Å². The first-order chi connectivity index (χ1) is 11.1. The molecule has 1 amide bonds. The number of nitrogens with zero attached hydrogens (tertiary/aromatic N) is 1. The van der Waals surface area contributed by atoms with E-state index in [1.54, 1.807) is 30.7 Å². The third-order valence-corrected chi connectivity index (χ3v) is 4.60. The molecule has 0 aliphatic carbocycles. The van der Waals surface area contributed by atoms with Gasteiger partial charge in [-0.2, -0.15) is 0 Å². The normalized spacial score (nSPS) is 20.3. The Balaban J connectivity index is 1.75. The predicted octanol–water partition coefficient (Wildman–Crippen LogP) is 3.77. The molecule has 124 valence electrons. The molecule has 0 spiro atoms. The van der Waals surface area contributed by atoms with Gasteiger partial charge in [0.2, 0.25) is 0 Å². The minimum absolute atomic E-state index is 0.00724. The van der Waals surface area contributed by atoms with Gasteiger partial charge in [-0.3, -0.25) is 4.79 Å². The smallest absolute Gasteiger partial charge is 0.270 e. The van der Waals surface area contributed by atoms with Gasteiger partial charge in [-0.05, 0) is 31.0 Å². The van der Waals surface area contributed by atoms with Gasteiger partial charge in [0.1, 0.15) is 17.6 Å². The van der Waals surface area contributed by atoms with Crippen molar-refractivity contribution in [2.24, 2.45) is 0 Å². The first-order valence-electron chi connectivity index (χ1n) is 8.01. The standard InChI is InChI=1S/C17H21ClN2O3/c18-12-9-14(19-11-12)17(22)20-7-3-1-2-5-13(20)10-15(21)16-6-4-8-23-16/h4,6,8-9,11,13,15,19,21H,1-3,5,7,10H2/t13-,15+/m1/s1. The summed E-state index contributed by atoms with van der Waals surface area (Å²) in [5, 5.41) is 10.9. The molecule has 1 aliphatic rings. The van der Waals surface area contributed by atoms with Gasteiger partial charge in [0.15, 0.2) is 0 Å². The zero-order valence-corrected chi connectivity index (χ0v) is 13.6. The van der Waals surface area contributed by atoms with Crippen molar-refractivity contribution in [3.05, 3.63) is 47.1 Å². The van der Waals surface area contributed by atoms with Gasteiger partial charge in [0.05, 0.1) is 11.3 Å². The van der Waals surface area contributed by atoms with E-state index in [1.165, 1.54) is 0 Å². The van der Waals surface area contributed by atoms with E-state index in [9.17, 15) is 9.90 Å². The van der Waals surface area contributed by atoms with Crippen molar-refractivity contribution in [3.8, 4) is 0 Å². The number of halogens is 1. The van der Waals surface area contributed by atoms with Gasteiger partial charge in [-0.25, -0.2) is 0 Å². The monoisotopic (exact) mass is 336 g/mol. The molecule has 23 heavy (non-hydrogen) atoms. The second kappa shape index (κ2) is 7.23. The number of amides is 1. The Morgan fingerprint density at radius 2 is 2.35 bits per heavy atom. The van der Waals surface area contributed by atoms with E-state index < -0.39 is 6.10 Å². The van der Waals surface area contributed by atoms with Gasteiger partial charge < -0.3 is 19.4 Å². The number of H-pyrrole nitrogens is 1. The highest BCUT2D eigenvalue weighted by atomic mass is 35.5.